The molecule has 194 valence electrons. The molecule has 0 spiro atoms. The Hall–Kier alpha value is 0.200. The van der Waals surface area contributed by atoms with E-state index >= 15 is 0 Å². The molecule has 10 nitrogen and oxygen atoms in total. The van der Waals surface area contributed by atoms with Crippen molar-refractivity contribution in [2.45, 2.75) is 76.9 Å². The number of ether oxygens (including phenoxy) is 2. The Morgan fingerprint density at radius 1 is 0.656 bits per heavy atom. The zero-order chi connectivity index (χ0) is 25.1. The molecule has 0 aromatic rings. The fourth-order valence-electron chi connectivity index (χ4n) is 2.71. The van der Waals surface area contributed by atoms with Gasteiger partial charge < -0.3 is 18.6 Å². The molecule has 32 heavy (non-hydrogen) atoms. The summed E-state index contributed by atoms with van der Waals surface area (Å²) in [5.41, 5.74) is 0. The first-order chi connectivity index (χ1) is 14.7. The van der Waals surface area contributed by atoms with E-state index < -0.39 is 58.4 Å². The van der Waals surface area contributed by atoms with Crippen molar-refractivity contribution >= 4 is 35.8 Å². The minimum Gasteiger partial charge on any atom is -0.349 e. The highest BCUT2D eigenvalue weighted by atomic mass is 32.2. The lowest BCUT2D eigenvalue weighted by molar-refractivity contribution is 0.0557. The lowest BCUT2D eigenvalue weighted by Gasteiger charge is -2.28. The van der Waals surface area contributed by atoms with E-state index in [1.807, 2.05) is 0 Å². The summed E-state index contributed by atoms with van der Waals surface area (Å²) < 4.78 is 90.8. The van der Waals surface area contributed by atoms with Gasteiger partial charge in [-0.05, 0) is 39.5 Å². The fourth-order valence-corrected chi connectivity index (χ4v) is 7.38. The van der Waals surface area contributed by atoms with Gasteiger partial charge in [0.25, 0.3) is 20.2 Å². The van der Waals surface area contributed by atoms with E-state index in [2.05, 4.69) is 8.37 Å². The molecule has 0 heterocycles. The van der Waals surface area contributed by atoms with Crippen LogP contribution in [0.25, 0.3) is 0 Å². The normalized spacial score (nSPS) is 18.6. The summed E-state index contributed by atoms with van der Waals surface area (Å²) in [4.78, 5) is 0. The van der Waals surface area contributed by atoms with Gasteiger partial charge in [-0.3, -0.25) is 8.37 Å². The molecule has 0 fully saturated rings. The molecule has 0 aliphatic heterocycles. The van der Waals surface area contributed by atoms with Crippen LogP contribution in [0.15, 0.2) is 0 Å². The van der Waals surface area contributed by atoms with Gasteiger partial charge in [-0.25, -0.2) is 0 Å². The molecule has 0 aliphatic rings. The SMILES string of the molecule is CCC(C)(OCS(=O)(=O)OC)[PH](=O)CCCCCC[PH](=O)C(C)(CC)OCS(=O)(=O)OC. The molecule has 4 atom stereocenters. The molecule has 0 radical (unpaired) electrons. The second-order valence-electron chi connectivity index (χ2n) is 7.90. The first-order valence-electron chi connectivity index (χ1n) is 10.6. The number of hydrogen-bond donors (Lipinski definition) is 0. The van der Waals surface area contributed by atoms with Crippen LogP contribution in [0.5, 0.6) is 0 Å². The van der Waals surface area contributed by atoms with Crippen molar-refractivity contribution in [3.63, 3.8) is 0 Å². The topological polar surface area (TPSA) is 139 Å². The maximum absolute atomic E-state index is 12.7. The summed E-state index contributed by atoms with van der Waals surface area (Å²) in [6, 6.07) is 0. The predicted octanol–water partition coefficient (Wildman–Crippen LogP) is 3.82. The van der Waals surface area contributed by atoms with Crippen molar-refractivity contribution in [1.82, 2.24) is 0 Å². The van der Waals surface area contributed by atoms with Gasteiger partial charge in [-0.2, -0.15) is 16.8 Å². The Balaban J connectivity index is 4.44. The van der Waals surface area contributed by atoms with Crippen LogP contribution < -0.4 is 0 Å². The monoisotopic (exact) mass is 542 g/mol. The maximum Gasteiger partial charge on any atom is 0.291 e. The van der Waals surface area contributed by atoms with E-state index in [1.54, 1.807) is 27.7 Å². The Morgan fingerprint density at radius 3 is 1.22 bits per heavy atom. The summed E-state index contributed by atoms with van der Waals surface area (Å²) in [6.07, 6.45) is 4.63. The lowest BCUT2D eigenvalue weighted by Crippen LogP contribution is -2.28. The Bertz CT molecular complexity index is 748. The Kier molecular flexibility index (Phi) is 14.7. The van der Waals surface area contributed by atoms with E-state index in [0.717, 1.165) is 27.1 Å². The summed E-state index contributed by atoms with van der Waals surface area (Å²) in [5, 5.41) is -2.02. The van der Waals surface area contributed by atoms with Crippen molar-refractivity contribution in [2.75, 3.05) is 38.4 Å². The van der Waals surface area contributed by atoms with Crippen LogP contribution in [0.2, 0.25) is 0 Å². The summed E-state index contributed by atoms with van der Waals surface area (Å²) in [7, 11) is -9.87. The molecular formula is C18H40O10P2S2. The second-order valence-corrected chi connectivity index (χ2v) is 16.1. The van der Waals surface area contributed by atoms with Gasteiger partial charge in [-0.1, -0.05) is 26.7 Å². The van der Waals surface area contributed by atoms with Gasteiger partial charge >= 0.3 is 0 Å². The summed E-state index contributed by atoms with van der Waals surface area (Å²) >= 11 is 0. The van der Waals surface area contributed by atoms with E-state index in [9.17, 15) is 26.0 Å². The highest BCUT2D eigenvalue weighted by molar-refractivity contribution is 7.86. The Morgan fingerprint density at radius 2 is 0.969 bits per heavy atom. The molecule has 0 N–H and O–H groups in total. The molecule has 0 amide bonds. The van der Waals surface area contributed by atoms with E-state index in [-0.39, 0.29) is 0 Å². The highest BCUT2D eigenvalue weighted by Crippen LogP contribution is 2.45. The third kappa shape index (κ3) is 11.6. The van der Waals surface area contributed by atoms with Crippen molar-refractivity contribution in [2.24, 2.45) is 0 Å². The van der Waals surface area contributed by atoms with Crippen LogP contribution >= 0.6 is 15.6 Å². The molecule has 0 saturated carbocycles. The molecule has 0 saturated heterocycles. The van der Waals surface area contributed by atoms with Crippen LogP contribution in [-0.2, 0) is 47.2 Å². The third-order valence-corrected chi connectivity index (χ3v) is 12.4. The maximum atomic E-state index is 12.7. The summed E-state index contributed by atoms with van der Waals surface area (Å²) in [5.74, 6) is -1.27. The standard InChI is InChI=1S/C18H40O10P2S2/c1-7-17(3,27-15-31(21,22)25-5)29(19)13-11-9-10-12-14-30(20)18(4,8-2)28-16-32(23,24)26-6/h29-30H,7-16H2,1-6H3. The molecule has 0 aromatic carbocycles. The third-order valence-electron chi connectivity index (χ3n) is 5.64. The molecule has 0 aliphatic carbocycles. The fraction of sp³-hybridized carbons (Fsp3) is 1.00. The largest absolute Gasteiger partial charge is 0.349 e. The smallest absolute Gasteiger partial charge is 0.291 e. The number of rotatable bonds is 19. The Labute approximate surface area is 194 Å². The average Bonchev–Trinajstić information content (AvgIpc) is 2.77. The van der Waals surface area contributed by atoms with Gasteiger partial charge in [0, 0.05) is 12.3 Å². The zero-order valence-corrected chi connectivity index (χ0v) is 23.6. The molecule has 0 aromatic heterocycles. The minimum absolute atomic E-state index is 0.417. The van der Waals surface area contributed by atoms with Gasteiger partial charge in [0.2, 0.25) is 0 Å². The van der Waals surface area contributed by atoms with Crippen molar-refractivity contribution in [3.8, 4) is 0 Å². The lowest BCUT2D eigenvalue weighted by atomic mass is 10.2. The van der Waals surface area contributed by atoms with E-state index in [1.165, 1.54) is 0 Å². The molecule has 0 bridgehead atoms. The number of unbranched alkanes of at least 4 members (excludes halogenated alkanes) is 3. The first kappa shape index (κ1) is 32.2. The molecule has 4 unspecified atom stereocenters. The van der Waals surface area contributed by atoms with Crippen molar-refractivity contribution in [1.29, 1.82) is 0 Å². The van der Waals surface area contributed by atoms with Crippen molar-refractivity contribution in [3.05, 3.63) is 0 Å². The summed E-state index contributed by atoms with van der Waals surface area (Å²) in [6.45, 7) is 6.90. The van der Waals surface area contributed by atoms with Crippen molar-refractivity contribution < 1.29 is 43.8 Å². The van der Waals surface area contributed by atoms with E-state index in [4.69, 9.17) is 9.47 Å². The van der Waals surface area contributed by atoms with Gasteiger partial charge in [0.15, 0.2) is 11.9 Å². The zero-order valence-electron chi connectivity index (χ0n) is 20.0. The van der Waals surface area contributed by atoms with Crippen LogP contribution in [-0.4, -0.2) is 65.9 Å². The highest BCUT2D eigenvalue weighted by Gasteiger charge is 2.33. The van der Waals surface area contributed by atoms with Gasteiger partial charge in [0.05, 0.1) is 14.2 Å². The number of hydrogen-bond acceptors (Lipinski definition) is 10. The van der Waals surface area contributed by atoms with Gasteiger partial charge in [-0.15, -0.1) is 0 Å². The van der Waals surface area contributed by atoms with Gasteiger partial charge in [0.1, 0.15) is 26.3 Å². The van der Waals surface area contributed by atoms with Crippen LogP contribution in [0.3, 0.4) is 0 Å². The van der Waals surface area contributed by atoms with E-state index in [0.29, 0.717) is 38.0 Å². The molecule has 14 heteroatoms. The van der Waals surface area contributed by atoms with Crippen LogP contribution in [0.1, 0.15) is 66.2 Å². The second kappa shape index (κ2) is 14.6. The van der Waals surface area contributed by atoms with Crippen LogP contribution in [0, 0.1) is 0 Å². The predicted molar refractivity (Wildman–Crippen MR) is 127 cm³/mol. The molecule has 0 rings (SSSR count). The minimum atomic E-state index is -3.79. The molecular weight excluding hydrogens is 502 g/mol. The quantitative estimate of drug-likeness (QED) is 0.134. The average molecular weight is 543 g/mol. The first-order valence-corrected chi connectivity index (χ1v) is 17.0. The van der Waals surface area contributed by atoms with Crippen LogP contribution in [0.4, 0.5) is 0 Å².